The average Bonchev–Trinajstić information content (AvgIpc) is 2.26. The molecule has 0 fully saturated rings. The fourth-order valence-electron chi connectivity index (χ4n) is 0.993. The van der Waals surface area contributed by atoms with E-state index in [0.717, 1.165) is 4.47 Å². The van der Waals surface area contributed by atoms with Crippen molar-refractivity contribution in [2.45, 2.75) is 6.10 Å². The second-order valence-electron chi connectivity index (χ2n) is 3.14. The zero-order valence-corrected chi connectivity index (χ0v) is 9.90. The minimum absolute atomic E-state index is 0.190. The summed E-state index contributed by atoms with van der Waals surface area (Å²) in [6, 6.07) is 6.69. The fourth-order valence-corrected chi connectivity index (χ4v) is 1.26. The molecule has 0 radical (unpaired) electrons. The molecule has 2 amide bonds. The third-order valence-electron chi connectivity index (χ3n) is 1.89. The summed E-state index contributed by atoms with van der Waals surface area (Å²) in [6.45, 7) is -0.190. The standard InChI is InChI=1S/C10H11BrN2O3/c11-7-3-1-6(2-4-7)10(16)13-5-8(14)9(12)15/h1-4,8,14H,5H2,(H2,12,15)(H,13,16). The van der Waals surface area contributed by atoms with E-state index >= 15 is 0 Å². The Morgan fingerprint density at radius 2 is 1.94 bits per heavy atom. The molecule has 1 rings (SSSR count). The van der Waals surface area contributed by atoms with E-state index in [2.05, 4.69) is 21.2 Å². The van der Waals surface area contributed by atoms with Crippen molar-refractivity contribution in [3.8, 4) is 0 Å². The molecule has 0 aliphatic heterocycles. The Labute approximate surface area is 101 Å². The predicted octanol–water partition coefficient (Wildman–Crippen LogP) is 0.0251. The molecule has 0 aromatic heterocycles. The number of benzene rings is 1. The lowest BCUT2D eigenvalue weighted by atomic mass is 10.2. The van der Waals surface area contributed by atoms with E-state index in [4.69, 9.17) is 10.8 Å². The van der Waals surface area contributed by atoms with Crippen LogP contribution in [0.1, 0.15) is 10.4 Å². The first-order valence-corrected chi connectivity index (χ1v) is 5.31. The second-order valence-corrected chi connectivity index (χ2v) is 4.05. The SMILES string of the molecule is NC(=O)C(O)CNC(=O)c1ccc(Br)cc1. The summed E-state index contributed by atoms with van der Waals surface area (Å²) in [4.78, 5) is 22.0. The van der Waals surface area contributed by atoms with Crippen LogP contribution in [0.4, 0.5) is 0 Å². The van der Waals surface area contributed by atoms with E-state index in [9.17, 15) is 9.59 Å². The Bertz CT molecular complexity index is 392. The van der Waals surface area contributed by atoms with Crippen LogP contribution in [-0.2, 0) is 4.79 Å². The summed E-state index contributed by atoms with van der Waals surface area (Å²) >= 11 is 3.24. The van der Waals surface area contributed by atoms with Gasteiger partial charge in [-0.05, 0) is 24.3 Å². The molecule has 5 nitrogen and oxygen atoms in total. The first kappa shape index (κ1) is 12.7. The van der Waals surface area contributed by atoms with Gasteiger partial charge in [0.05, 0.1) is 6.54 Å². The minimum atomic E-state index is -1.36. The number of aliphatic hydroxyl groups is 1. The third-order valence-corrected chi connectivity index (χ3v) is 2.42. The summed E-state index contributed by atoms with van der Waals surface area (Å²) in [5, 5.41) is 11.5. The summed E-state index contributed by atoms with van der Waals surface area (Å²) in [6.07, 6.45) is -1.36. The van der Waals surface area contributed by atoms with Crippen LogP contribution in [0.25, 0.3) is 0 Å². The molecule has 1 unspecified atom stereocenters. The Balaban J connectivity index is 2.53. The molecule has 4 N–H and O–H groups in total. The van der Waals surface area contributed by atoms with Gasteiger partial charge in [0.1, 0.15) is 6.10 Å². The molecule has 0 aliphatic carbocycles. The van der Waals surface area contributed by atoms with Crippen molar-refractivity contribution in [2.75, 3.05) is 6.54 Å². The maximum absolute atomic E-state index is 11.5. The highest BCUT2D eigenvalue weighted by atomic mass is 79.9. The van der Waals surface area contributed by atoms with Gasteiger partial charge in [-0.25, -0.2) is 0 Å². The lowest BCUT2D eigenvalue weighted by Gasteiger charge is -2.08. The summed E-state index contributed by atoms with van der Waals surface area (Å²) in [7, 11) is 0. The number of hydrogen-bond acceptors (Lipinski definition) is 3. The van der Waals surface area contributed by atoms with Crippen LogP contribution in [-0.4, -0.2) is 29.6 Å². The number of nitrogens with one attached hydrogen (secondary N) is 1. The number of aliphatic hydroxyl groups excluding tert-OH is 1. The van der Waals surface area contributed by atoms with E-state index in [1.807, 2.05) is 0 Å². The first-order chi connectivity index (χ1) is 7.50. The van der Waals surface area contributed by atoms with E-state index < -0.39 is 12.0 Å². The van der Waals surface area contributed by atoms with Crippen molar-refractivity contribution in [1.29, 1.82) is 0 Å². The fraction of sp³-hybridized carbons (Fsp3) is 0.200. The quantitative estimate of drug-likeness (QED) is 0.729. The Kier molecular flexibility index (Phi) is 4.45. The van der Waals surface area contributed by atoms with Crippen LogP contribution in [0.3, 0.4) is 0 Å². The molecule has 0 spiro atoms. The van der Waals surface area contributed by atoms with Gasteiger partial charge < -0.3 is 16.2 Å². The Hall–Kier alpha value is -1.40. The molecule has 0 aliphatic rings. The van der Waals surface area contributed by atoms with Gasteiger partial charge in [0.15, 0.2) is 0 Å². The van der Waals surface area contributed by atoms with E-state index in [-0.39, 0.29) is 12.5 Å². The van der Waals surface area contributed by atoms with Crippen molar-refractivity contribution < 1.29 is 14.7 Å². The lowest BCUT2D eigenvalue weighted by molar-refractivity contribution is -0.125. The van der Waals surface area contributed by atoms with Crippen LogP contribution in [0.15, 0.2) is 28.7 Å². The van der Waals surface area contributed by atoms with E-state index in [1.54, 1.807) is 24.3 Å². The number of amides is 2. The number of rotatable bonds is 4. The van der Waals surface area contributed by atoms with Gasteiger partial charge in [-0.2, -0.15) is 0 Å². The van der Waals surface area contributed by atoms with Crippen molar-refractivity contribution in [3.63, 3.8) is 0 Å². The van der Waals surface area contributed by atoms with Gasteiger partial charge >= 0.3 is 0 Å². The molecule has 0 bridgehead atoms. The Morgan fingerprint density at radius 3 is 2.44 bits per heavy atom. The zero-order chi connectivity index (χ0) is 12.1. The van der Waals surface area contributed by atoms with Gasteiger partial charge in [0.25, 0.3) is 5.91 Å². The molecule has 0 saturated carbocycles. The normalized spacial score (nSPS) is 11.9. The lowest BCUT2D eigenvalue weighted by Crippen LogP contribution is -2.39. The van der Waals surface area contributed by atoms with Crippen LogP contribution in [0.5, 0.6) is 0 Å². The van der Waals surface area contributed by atoms with E-state index in [1.165, 1.54) is 0 Å². The number of primary amides is 1. The van der Waals surface area contributed by atoms with E-state index in [0.29, 0.717) is 5.56 Å². The maximum atomic E-state index is 11.5. The summed E-state index contributed by atoms with van der Waals surface area (Å²) < 4.78 is 0.862. The zero-order valence-electron chi connectivity index (χ0n) is 8.31. The van der Waals surface area contributed by atoms with Crippen LogP contribution in [0, 0.1) is 0 Å². The van der Waals surface area contributed by atoms with Crippen LogP contribution >= 0.6 is 15.9 Å². The molecule has 1 aromatic rings. The van der Waals surface area contributed by atoms with Gasteiger partial charge in [0, 0.05) is 10.0 Å². The molecule has 86 valence electrons. The topological polar surface area (TPSA) is 92.4 Å². The highest BCUT2D eigenvalue weighted by Crippen LogP contribution is 2.10. The molecule has 16 heavy (non-hydrogen) atoms. The molecule has 1 atom stereocenters. The van der Waals surface area contributed by atoms with Crippen molar-refractivity contribution in [3.05, 3.63) is 34.3 Å². The van der Waals surface area contributed by atoms with Gasteiger partial charge in [-0.3, -0.25) is 9.59 Å². The van der Waals surface area contributed by atoms with Crippen LogP contribution in [0.2, 0.25) is 0 Å². The number of halogens is 1. The number of nitrogens with two attached hydrogens (primary N) is 1. The third kappa shape index (κ3) is 3.63. The average molecular weight is 287 g/mol. The molecule has 0 heterocycles. The largest absolute Gasteiger partial charge is 0.381 e. The van der Waals surface area contributed by atoms with Crippen LogP contribution < -0.4 is 11.1 Å². The van der Waals surface area contributed by atoms with Gasteiger partial charge in [-0.15, -0.1) is 0 Å². The van der Waals surface area contributed by atoms with Crippen molar-refractivity contribution in [1.82, 2.24) is 5.32 Å². The number of carbonyl (C=O) groups excluding carboxylic acids is 2. The minimum Gasteiger partial charge on any atom is -0.381 e. The predicted molar refractivity (Wildman–Crippen MR) is 61.7 cm³/mol. The molecule has 1 aromatic carbocycles. The monoisotopic (exact) mass is 286 g/mol. The number of hydrogen-bond donors (Lipinski definition) is 3. The smallest absolute Gasteiger partial charge is 0.251 e. The Morgan fingerprint density at radius 1 is 1.38 bits per heavy atom. The number of carbonyl (C=O) groups is 2. The first-order valence-electron chi connectivity index (χ1n) is 4.52. The van der Waals surface area contributed by atoms with Crippen molar-refractivity contribution >= 4 is 27.7 Å². The van der Waals surface area contributed by atoms with Crippen molar-refractivity contribution in [2.24, 2.45) is 5.73 Å². The molecular weight excluding hydrogens is 276 g/mol. The highest BCUT2D eigenvalue weighted by molar-refractivity contribution is 9.10. The van der Waals surface area contributed by atoms with Gasteiger partial charge in [0.2, 0.25) is 5.91 Å². The summed E-state index contributed by atoms with van der Waals surface area (Å²) in [5.74, 6) is -1.23. The summed E-state index contributed by atoms with van der Waals surface area (Å²) in [5.41, 5.74) is 5.28. The van der Waals surface area contributed by atoms with Gasteiger partial charge in [-0.1, -0.05) is 15.9 Å². The molecular formula is C10H11BrN2O3. The molecule has 6 heteroatoms. The highest BCUT2D eigenvalue weighted by Gasteiger charge is 2.12. The maximum Gasteiger partial charge on any atom is 0.251 e. The second kappa shape index (κ2) is 5.62. The molecule has 0 saturated heterocycles.